The van der Waals surface area contributed by atoms with Gasteiger partial charge in [-0.1, -0.05) is 16.8 Å². The standard InChI is InChI=1S/C12H10ClN3O4/c1-7-4-9(20-15-7)6-14-12(17)8-2-3-10(13)11(5-8)16(18)19/h2-5H,6H2,1H3,(H,14,17). The maximum atomic E-state index is 11.9. The number of rotatable bonds is 4. The lowest BCUT2D eigenvalue weighted by Gasteiger charge is -2.03. The second-order valence-corrected chi connectivity index (χ2v) is 4.45. The highest BCUT2D eigenvalue weighted by molar-refractivity contribution is 6.32. The van der Waals surface area contributed by atoms with Crippen LogP contribution in [-0.2, 0) is 6.54 Å². The van der Waals surface area contributed by atoms with Crippen molar-refractivity contribution in [1.82, 2.24) is 10.5 Å². The summed E-state index contributed by atoms with van der Waals surface area (Å²) < 4.78 is 4.94. The molecule has 1 N–H and O–H groups in total. The van der Waals surface area contributed by atoms with Gasteiger partial charge >= 0.3 is 0 Å². The number of aromatic nitrogens is 1. The van der Waals surface area contributed by atoms with E-state index < -0.39 is 10.8 Å². The molecule has 1 heterocycles. The minimum absolute atomic E-state index is 0.0163. The Morgan fingerprint density at radius 1 is 1.50 bits per heavy atom. The molecular formula is C12H10ClN3O4. The lowest BCUT2D eigenvalue weighted by atomic mass is 10.2. The van der Waals surface area contributed by atoms with Gasteiger partial charge in [0.05, 0.1) is 17.2 Å². The van der Waals surface area contributed by atoms with Crippen LogP contribution in [0, 0.1) is 17.0 Å². The number of amides is 1. The largest absolute Gasteiger partial charge is 0.359 e. The Balaban J connectivity index is 2.09. The third-order valence-electron chi connectivity index (χ3n) is 2.50. The Labute approximate surface area is 118 Å². The summed E-state index contributed by atoms with van der Waals surface area (Å²) in [6, 6.07) is 5.54. The van der Waals surface area contributed by atoms with Gasteiger partial charge < -0.3 is 9.84 Å². The van der Waals surface area contributed by atoms with Gasteiger partial charge in [0.25, 0.3) is 11.6 Å². The van der Waals surface area contributed by atoms with Gasteiger partial charge in [-0.15, -0.1) is 0 Å². The summed E-state index contributed by atoms with van der Waals surface area (Å²) in [6.45, 7) is 1.91. The first kappa shape index (κ1) is 14.0. The van der Waals surface area contributed by atoms with Crippen molar-refractivity contribution in [3.8, 4) is 0 Å². The van der Waals surface area contributed by atoms with Crippen LogP contribution in [0.4, 0.5) is 5.69 Å². The fraction of sp³-hybridized carbons (Fsp3) is 0.167. The summed E-state index contributed by atoms with van der Waals surface area (Å²) in [5, 5.41) is 17.0. The van der Waals surface area contributed by atoms with Crippen LogP contribution in [0.5, 0.6) is 0 Å². The molecule has 0 aliphatic rings. The molecule has 0 radical (unpaired) electrons. The second-order valence-electron chi connectivity index (χ2n) is 4.04. The van der Waals surface area contributed by atoms with Gasteiger partial charge in [-0.25, -0.2) is 0 Å². The summed E-state index contributed by atoms with van der Waals surface area (Å²) in [7, 11) is 0. The first-order valence-corrected chi connectivity index (χ1v) is 5.99. The van der Waals surface area contributed by atoms with Crippen LogP contribution in [0.1, 0.15) is 21.8 Å². The lowest BCUT2D eigenvalue weighted by Crippen LogP contribution is -2.22. The number of carbonyl (C=O) groups excluding carboxylic acids is 1. The van der Waals surface area contributed by atoms with Crippen molar-refractivity contribution in [3.05, 3.63) is 56.4 Å². The minimum Gasteiger partial charge on any atom is -0.359 e. The van der Waals surface area contributed by atoms with Gasteiger partial charge in [0.1, 0.15) is 5.02 Å². The van der Waals surface area contributed by atoms with Crippen molar-refractivity contribution >= 4 is 23.2 Å². The molecule has 1 aromatic carbocycles. The topological polar surface area (TPSA) is 98.3 Å². The molecule has 0 saturated heterocycles. The first-order valence-electron chi connectivity index (χ1n) is 5.61. The molecule has 0 atom stereocenters. The van der Waals surface area contributed by atoms with Gasteiger partial charge in [-0.2, -0.15) is 0 Å². The van der Waals surface area contributed by atoms with Crippen molar-refractivity contribution < 1.29 is 14.2 Å². The Morgan fingerprint density at radius 2 is 2.25 bits per heavy atom. The van der Waals surface area contributed by atoms with Gasteiger partial charge in [-0.05, 0) is 19.1 Å². The van der Waals surface area contributed by atoms with Gasteiger partial charge in [0.15, 0.2) is 5.76 Å². The molecule has 20 heavy (non-hydrogen) atoms. The Bertz CT molecular complexity index is 668. The molecule has 0 unspecified atom stereocenters. The van der Waals surface area contributed by atoms with E-state index in [4.69, 9.17) is 16.1 Å². The number of nitrogens with one attached hydrogen (secondary N) is 1. The first-order chi connectivity index (χ1) is 9.47. The van der Waals surface area contributed by atoms with Crippen molar-refractivity contribution in [2.24, 2.45) is 0 Å². The molecule has 0 aliphatic heterocycles. The second kappa shape index (κ2) is 5.70. The number of aryl methyl sites for hydroxylation is 1. The Hall–Kier alpha value is -2.41. The van der Waals surface area contributed by atoms with Crippen LogP contribution >= 0.6 is 11.6 Å². The third-order valence-corrected chi connectivity index (χ3v) is 2.82. The van der Waals surface area contributed by atoms with E-state index in [1.807, 2.05) is 0 Å². The highest BCUT2D eigenvalue weighted by Gasteiger charge is 2.16. The molecule has 0 bridgehead atoms. The molecule has 2 rings (SSSR count). The van der Waals surface area contributed by atoms with E-state index in [-0.39, 0.29) is 22.8 Å². The lowest BCUT2D eigenvalue weighted by molar-refractivity contribution is -0.384. The summed E-state index contributed by atoms with van der Waals surface area (Å²) in [6.07, 6.45) is 0. The molecule has 2 aromatic rings. The summed E-state index contributed by atoms with van der Waals surface area (Å²) in [4.78, 5) is 22.0. The van der Waals surface area contributed by atoms with Crippen LogP contribution in [0.2, 0.25) is 5.02 Å². The molecule has 0 aliphatic carbocycles. The summed E-state index contributed by atoms with van der Waals surface area (Å²) >= 11 is 5.67. The highest BCUT2D eigenvalue weighted by Crippen LogP contribution is 2.25. The van der Waals surface area contributed by atoms with E-state index in [9.17, 15) is 14.9 Å². The predicted molar refractivity (Wildman–Crippen MR) is 70.5 cm³/mol. The average molecular weight is 296 g/mol. The molecule has 8 heteroatoms. The summed E-state index contributed by atoms with van der Waals surface area (Å²) in [5.74, 6) is 0.0399. The molecular weight excluding hydrogens is 286 g/mol. The van der Waals surface area contributed by atoms with E-state index in [1.54, 1.807) is 13.0 Å². The third kappa shape index (κ3) is 3.12. The van der Waals surface area contributed by atoms with Crippen molar-refractivity contribution in [1.29, 1.82) is 0 Å². The van der Waals surface area contributed by atoms with Gasteiger partial charge in [0.2, 0.25) is 0 Å². The predicted octanol–water partition coefficient (Wildman–Crippen LogP) is 2.47. The van der Waals surface area contributed by atoms with Gasteiger partial charge in [0, 0.05) is 17.7 Å². The van der Waals surface area contributed by atoms with E-state index in [0.717, 1.165) is 6.07 Å². The molecule has 7 nitrogen and oxygen atoms in total. The Kier molecular flexibility index (Phi) is 3.99. The average Bonchev–Trinajstić information content (AvgIpc) is 2.82. The number of hydrogen-bond donors (Lipinski definition) is 1. The normalized spacial score (nSPS) is 10.3. The SMILES string of the molecule is Cc1cc(CNC(=O)c2ccc(Cl)c([N+](=O)[O-])c2)on1. The monoisotopic (exact) mass is 295 g/mol. The van der Waals surface area contributed by atoms with Crippen LogP contribution < -0.4 is 5.32 Å². The van der Waals surface area contributed by atoms with E-state index >= 15 is 0 Å². The number of carbonyl (C=O) groups is 1. The summed E-state index contributed by atoms with van der Waals surface area (Å²) in [5.41, 5.74) is 0.545. The number of benzene rings is 1. The zero-order valence-electron chi connectivity index (χ0n) is 10.4. The van der Waals surface area contributed by atoms with Crippen molar-refractivity contribution in [3.63, 3.8) is 0 Å². The molecule has 1 amide bonds. The van der Waals surface area contributed by atoms with E-state index in [2.05, 4.69) is 10.5 Å². The van der Waals surface area contributed by atoms with E-state index in [1.165, 1.54) is 12.1 Å². The number of nitrogens with zero attached hydrogens (tertiary/aromatic N) is 2. The van der Waals surface area contributed by atoms with Crippen LogP contribution in [0.15, 0.2) is 28.8 Å². The fourth-order valence-electron chi connectivity index (χ4n) is 1.56. The zero-order chi connectivity index (χ0) is 14.7. The smallest absolute Gasteiger partial charge is 0.288 e. The van der Waals surface area contributed by atoms with Gasteiger partial charge in [-0.3, -0.25) is 14.9 Å². The fourth-order valence-corrected chi connectivity index (χ4v) is 1.75. The quantitative estimate of drug-likeness (QED) is 0.690. The van der Waals surface area contributed by atoms with Crippen molar-refractivity contribution in [2.45, 2.75) is 13.5 Å². The maximum absolute atomic E-state index is 11.9. The van der Waals surface area contributed by atoms with E-state index in [0.29, 0.717) is 11.5 Å². The number of hydrogen-bond acceptors (Lipinski definition) is 5. The minimum atomic E-state index is -0.640. The molecule has 104 valence electrons. The molecule has 1 aromatic heterocycles. The maximum Gasteiger partial charge on any atom is 0.288 e. The molecule has 0 fully saturated rings. The molecule has 0 saturated carbocycles. The zero-order valence-corrected chi connectivity index (χ0v) is 11.2. The van der Waals surface area contributed by atoms with Crippen LogP contribution in [-0.4, -0.2) is 16.0 Å². The number of nitro groups is 1. The molecule has 0 spiro atoms. The van der Waals surface area contributed by atoms with Crippen LogP contribution in [0.25, 0.3) is 0 Å². The number of halogens is 1. The Morgan fingerprint density at radius 3 is 2.85 bits per heavy atom. The highest BCUT2D eigenvalue weighted by atomic mass is 35.5. The number of nitro benzene ring substituents is 1. The van der Waals surface area contributed by atoms with Crippen molar-refractivity contribution in [2.75, 3.05) is 0 Å². The van der Waals surface area contributed by atoms with Crippen LogP contribution in [0.3, 0.4) is 0 Å².